The van der Waals surface area contributed by atoms with Crippen molar-refractivity contribution in [3.63, 3.8) is 0 Å². The van der Waals surface area contributed by atoms with Crippen LogP contribution >= 0.6 is 0 Å². The van der Waals surface area contributed by atoms with Crippen LogP contribution in [0.4, 0.5) is 0 Å². The molecule has 2 unspecified atom stereocenters. The van der Waals surface area contributed by atoms with Gasteiger partial charge in [-0.1, -0.05) is 26.3 Å². The van der Waals surface area contributed by atoms with E-state index >= 15 is 0 Å². The van der Waals surface area contributed by atoms with Gasteiger partial charge in [0.1, 0.15) is 6.04 Å². The van der Waals surface area contributed by atoms with E-state index in [1.54, 1.807) is 19.9 Å². The summed E-state index contributed by atoms with van der Waals surface area (Å²) < 4.78 is 0. The molecule has 0 saturated carbocycles. The first-order valence-electron chi connectivity index (χ1n) is 7.88. The molecule has 0 rings (SSSR count). The fourth-order valence-corrected chi connectivity index (χ4v) is 1.63. The maximum absolute atomic E-state index is 12.0. The second kappa shape index (κ2) is 10.8. The molecule has 0 saturated heterocycles. The Kier molecular flexibility index (Phi) is 9.91. The highest BCUT2D eigenvalue weighted by molar-refractivity contribution is 5.88. The van der Waals surface area contributed by atoms with E-state index in [0.29, 0.717) is 19.4 Å². The number of nitrogens with one attached hydrogen (secondary N) is 3. The zero-order chi connectivity index (χ0) is 17.1. The summed E-state index contributed by atoms with van der Waals surface area (Å²) >= 11 is 0. The number of hydrogen-bond donors (Lipinski definition) is 3. The molecule has 0 aliphatic carbocycles. The van der Waals surface area contributed by atoms with Crippen molar-refractivity contribution in [2.45, 2.75) is 66.0 Å². The van der Waals surface area contributed by atoms with Gasteiger partial charge in [0.2, 0.25) is 17.7 Å². The van der Waals surface area contributed by atoms with Crippen LogP contribution in [0.3, 0.4) is 0 Å². The normalized spacial score (nSPS) is 14.0. The molecule has 0 aromatic carbocycles. The number of amides is 3. The van der Waals surface area contributed by atoms with E-state index in [1.807, 2.05) is 20.8 Å². The van der Waals surface area contributed by atoms with Crippen molar-refractivity contribution in [2.75, 3.05) is 6.54 Å². The van der Waals surface area contributed by atoms with Crippen molar-refractivity contribution >= 4 is 17.7 Å². The number of carbonyl (C=O) groups is 3. The molecule has 6 nitrogen and oxygen atoms in total. The van der Waals surface area contributed by atoms with Crippen LogP contribution in [0.2, 0.25) is 0 Å². The topological polar surface area (TPSA) is 87.3 Å². The molecule has 3 N–H and O–H groups in total. The maximum Gasteiger partial charge on any atom is 0.243 e. The Morgan fingerprint density at radius 1 is 1.05 bits per heavy atom. The predicted octanol–water partition coefficient (Wildman–Crippen LogP) is 1.27. The first-order chi connectivity index (χ1) is 10.3. The van der Waals surface area contributed by atoms with E-state index in [0.717, 1.165) is 12.0 Å². The molecule has 0 aliphatic heterocycles. The highest BCUT2D eigenvalue weighted by Gasteiger charge is 2.18. The second-order valence-electron chi connectivity index (χ2n) is 5.35. The quantitative estimate of drug-likeness (QED) is 0.560. The highest BCUT2D eigenvalue weighted by Crippen LogP contribution is 1.97. The van der Waals surface area contributed by atoms with E-state index in [-0.39, 0.29) is 23.8 Å². The van der Waals surface area contributed by atoms with Gasteiger partial charge < -0.3 is 16.0 Å². The average molecular weight is 311 g/mol. The minimum Gasteiger partial charge on any atom is -0.350 e. The molecule has 0 fully saturated rings. The van der Waals surface area contributed by atoms with E-state index in [1.165, 1.54) is 0 Å². The summed E-state index contributed by atoms with van der Waals surface area (Å²) in [5, 5.41) is 8.22. The number of rotatable bonds is 9. The summed E-state index contributed by atoms with van der Waals surface area (Å²) in [6.45, 7) is 9.55. The molecule has 22 heavy (non-hydrogen) atoms. The SMILES string of the molecule is CCC(=O)NC(C)C(=O)NC(CC)CNC(=O)/C=C(\C)CC. The molecule has 6 heteroatoms. The lowest BCUT2D eigenvalue weighted by Gasteiger charge is -2.20. The van der Waals surface area contributed by atoms with Crippen molar-refractivity contribution in [3.8, 4) is 0 Å². The van der Waals surface area contributed by atoms with Crippen LogP contribution in [-0.2, 0) is 14.4 Å². The summed E-state index contributed by atoms with van der Waals surface area (Å²) in [5.41, 5.74) is 1.01. The molecular formula is C16H29N3O3. The molecule has 0 heterocycles. The standard InChI is InChI=1S/C16H29N3O3/c1-6-11(4)9-15(21)17-10-13(7-2)19-16(22)12(5)18-14(20)8-3/h9,12-13H,6-8,10H2,1-5H3,(H,17,21)(H,18,20)(H,19,22)/b11-9+. The van der Waals surface area contributed by atoms with E-state index in [4.69, 9.17) is 0 Å². The Morgan fingerprint density at radius 3 is 2.18 bits per heavy atom. The Hall–Kier alpha value is -1.85. The van der Waals surface area contributed by atoms with Crippen molar-refractivity contribution in [2.24, 2.45) is 0 Å². The van der Waals surface area contributed by atoms with E-state index in [9.17, 15) is 14.4 Å². The van der Waals surface area contributed by atoms with Crippen LogP contribution in [0, 0.1) is 0 Å². The lowest BCUT2D eigenvalue weighted by Crippen LogP contribution is -2.50. The summed E-state index contributed by atoms with van der Waals surface area (Å²) in [7, 11) is 0. The van der Waals surface area contributed by atoms with Gasteiger partial charge in [-0.3, -0.25) is 14.4 Å². The predicted molar refractivity (Wildman–Crippen MR) is 87.2 cm³/mol. The summed E-state index contributed by atoms with van der Waals surface area (Å²) in [6.07, 6.45) is 3.43. The summed E-state index contributed by atoms with van der Waals surface area (Å²) in [5.74, 6) is -0.563. The monoisotopic (exact) mass is 311 g/mol. The average Bonchev–Trinajstić information content (AvgIpc) is 2.50. The molecule has 0 radical (unpaired) electrons. The summed E-state index contributed by atoms with van der Waals surface area (Å²) in [4.78, 5) is 34.9. The lowest BCUT2D eigenvalue weighted by atomic mass is 10.2. The third-order valence-electron chi connectivity index (χ3n) is 3.39. The second-order valence-corrected chi connectivity index (χ2v) is 5.35. The zero-order valence-corrected chi connectivity index (χ0v) is 14.3. The van der Waals surface area contributed by atoms with Gasteiger partial charge in [-0.2, -0.15) is 0 Å². The first-order valence-corrected chi connectivity index (χ1v) is 7.88. The Bertz CT molecular complexity index is 419. The molecule has 0 aliphatic rings. The lowest BCUT2D eigenvalue weighted by molar-refractivity contribution is -0.128. The summed E-state index contributed by atoms with van der Waals surface area (Å²) in [6, 6.07) is -0.743. The van der Waals surface area contributed by atoms with Gasteiger partial charge in [-0.05, 0) is 26.7 Å². The van der Waals surface area contributed by atoms with Crippen LogP contribution in [0.15, 0.2) is 11.6 Å². The van der Waals surface area contributed by atoms with Crippen LogP contribution in [-0.4, -0.2) is 36.3 Å². The molecule has 2 atom stereocenters. The van der Waals surface area contributed by atoms with Crippen LogP contribution in [0.25, 0.3) is 0 Å². The molecule has 0 bridgehead atoms. The molecule has 0 aromatic rings. The maximum atomic E-state index is 12.0. The van der Waals surface area contributed by atoms with E-state index < -0.39 is 6.04 Å². The van der Waals surface area contributed by atoms with Crippen molar-refractivity contribution in [1.82, 2.24) is 16.0 Å². The Labute approximate surface area is 133 Å². The number of carbonyl (C=O) groups excluding carboxylic acids is 3. The molecule has 3 amide bonds. The van der Waals surface area contributed by atoms with Gasteiger partial charge in [-0.25, -0.2) is 0 Å². The molecular weight excluding hydrogens is 282 g/mol. The Balaban J connectivity index is 4.34. The number of hydrogen-bond acceptors (Lipinski definition) is 3. The van der Waals surface area contributed by atoms with Crippen LogP contribution in [0.1, 0.15) is 53.9 Å². The third kappa shape index (κ3) is 8.44. The molecule has 0 spiro atoms. The van der Waals surface area contributed by atoms with Gasteiger partial charge in [0.25, 0.3) is 0 Å². The van der Waals surface area contributed by atoms with Crippen molar-refractivity contribution in [1.29, 1.82) is 0 Å². The van der Waals surface area contributed by atoms with Crippen molar-refractivity contribution in [3.05, 3.63) is 11.6 Å². The minimum atomic E-state index is -0.584. The van der Waals surface area contributed by atoms with Gasteiger partial charge in [-0.15, -0.1) is 0 Å². The zero-order valence-electron chi connectivity index (χ0n) is 14.3. The smallest absolute Gasteiger partial charge is 0.243 e. The minimum absolute atomic E-state index is 0.153. The van der Waals surface area contributed by atoms with Crippen LogP contribution < -0.4 is 16.0 Å². The highest BCUT2D eigenvalue weighted by atomic mass is 16.2. The molecule has 0 aromatic heterocycles. The van der Waals surface area contributed by atoms with E-state index in [2.05, 4.69) is 16.0 Å². The van der Waals surface area contributed by atoms with Gasteiger partial charge in [0, 0.05) is 25.1 Å². The van der Waals surface area contributed by atoms with Gasteiger partial charge >= 0.3 is 0 Å². The first kappa shape index (κ1) is 20.1. The molecule has 126 valence electrons. The fourth-order valence-electron chi connectivity index (χ4n) is 1.63. The van der Waals surface area contributed by atoms with Crippen molar-refractivity contribution < 1.29 is 14.4 Å². The largest absolute Gasteiger partial charge is 0.350 e. The Morgan fingerprint density at radius 2 is 1.68 bits per heavy atom. The number of allylic oxidation sites excluding steroid dienone is 1. The van der Waals surface area contributed by atoms with Crippen LogP contribution in [0.5, 0.6) is 0 Å². The third-order valence-corrected chi connectivity index (χ3v) is 3.39. The fraction of sp³-hybridized carbons (Fsp3) is 0.688. The van der Waals surface area contributed by atoms with Gasteiger partial charge in [0.15, 0.2) is 0 Å². The van der Waals surface area contributed by atoms with Gasteiger partial charge in [0.05, 0.1) is 0 Å².